The first-order valence-corrected chi connectivity index (χ1v) is 8.83. The van der Waals surface area contributed by atoms with Crippen molar-refractivity contribution in [2.45, 2.75) is 12.4 Å². The van der Waals surface area contributed by atoms with E-state index < -0.39 is 16.8 Å². The van der Waals surface area contributed by atoms with Crippen LogP contribution in [0.5, 0.6) is 0 Å². The van der Waals surface area contributed by atoms with E-state index in [1.54, 1.807) is 24.5 Å². The number of rotatable bonds is 5. The van der Waals surface area contributed by atoms with E-state index in [9.17, 15) is 9.00 Å². The molecule has 1 unspecified atom stereocenters. The Labute approximate surface area is 136 Å². The number of hydrogen-bond acceptors (Lipinski definition) is 4. The van der Waals surface area contributed by atoms with Gasteiger partial charge < -0.3 is 9.14 Å². The number of esters is 1. The van der Waals surface area contributed by atoms with E-state index in [1.165, 1.54) is 0 Å². The normalized spacial score (nSPS) is 12.2. The molecule has 1 aromatic carbocycles. The van der Waals surface area contributed by atoms with Crippen molar-refractivity contribution in [1.82, 2.24) is 9.38 Å². The lowest BCUT2D eigenvalue weighted by molar-refractivity contribution is 0.0468. The first-order chi connectivity index (χ1) is 11.1. The third-order valence-corrected chi connectivity index (χ3v) is 4.04. The summed E-state index contributed by atoms with van der Waals surface area (Å²) in [5.74, 6) is 0.0129. The Kier molecular flexibility index (Phi) is 4.52. The summed E-state index contributed by atoms with van der Waals surface area (Å²) >= 11 is 0. The van der Waals surface area contributed by atoms with E-state index in [0.29, 0.717) is 17.0 Å². The number of hydrogen-bond donors (Lipinski definition) is 0. The third-order valence-electron chi connectivity index (χ3n) is 3.30. The van der Waals surface area contributed by atoms with E-state index in [4.69, 9.17) is 4.74 Å². The van der Waals surface area contributed by atoms with E-state index in [-0.39, 0.29) is 6.61 Å². The molecule has 3 rings (SSSR count). The molecule has 0 amide bonds. The Morgan fingerprint density at radius 3 is 2.91 bits per heavy atom. The highest BCUT2D eigenvalue weighted by atomic mass is 32.2. The van der Waals surface area contributed by atoms with Crippen LogP contribution < -0.4 is 0 Å². The van der Waals surface area contributed by atoms with Crippen molar-refractivity contribution in [3.8, 4) is 0 Å². The minimum Gasteiger partial charge on any atom is -0.456 e. The number of carbonyl (C=O) groups excluding carboxylic acids is 1. The van der Waals surface area contributed by atoms with E-state index >= 15 is 0 Å². The molecule has 0 radical (unpaired) electrons. The van der Waals surface area contributed by atoms with Crippen molar-refractivity contribution in [1.29, 1.82) is 0 Å². The highest BCUT2D eigenvalue weighted by Crippen LogP contribution is 2.11. The van der Waals surface area contributed by atoms with Crippen LogP contribution in [0, 0.1) is 0 Å². The molecule has 0 aliphatic carbocycles. The molecule has 6 heteroatoms. The second-order valence-corrected chi connectivity index (χ2v) is 6.63. The molecule has 0 bridgehead atoms. The molecule has 0 saturated heterocycles. The average molecular weight is 328 g/mol. The number of imidazole rings is 1. The fourth-order valence-corrected chi connectivity index (χ4v) is 2.95. The van der Waals surface area contributed by atoms with Gasteiger partial charge in [-0.25, -0.2) is 9.78 Å². The van der Waals surface area contributed by atoms with Gasteiger partial charge in [-0.05, 0) is 29.8 Å². The Hall–Kier alpha value is -2.47. The predicted molar refractivity (Wildman–Crippen MR) is 88.5 cm³/mol. The van der Waals surface area contributed by atoms with Crippen LogP contribution >= 0.6 is 0 Å². The van der Waals surface area contributed by atoms with Crippen LogP contribution in [0.1, 0.15) is 21.6 Å². The molecule has 0 fully saturated rings. The van der Waals surface area contributed by atoms with Crippen LogP contribution in [0.4, 0.5) is 0 Å². The van der Waals surface area contributed by atoms with Crippen LogP contribution in [0.3, 0.4) is 0 Å². The van der Waals surface area contributed by atoms with Gasteiger partial charge >= 0.3 is 5.97 Å². The fraction of sp³-hybridized carbons (Fsp3) is 0.176. The number of pyridine rings is 1. The number of aromatic nitrogens is 2. The molecular weight excluding hydrogens is 312 g/mol. The molecule has 0 aliphatic rings. The molecule has 0 aliphatic heterocycles. The number of nitrogens with zero attached hydrogens (tertiary/aromatic N) is 2. The van der Waals surface area contributed by atoms with Crippen molar-refractivity contribution >= 4 is 22.4 Å². The summed E-state index contributed by atoms with van der Waals surface area (Å²) in [4.78, 5) is 16.5. The van der Waals surface area contributed by atoms with Crippen molar-refractivity contribution in [2.75, 3.05) is 6.26 Å². The van der Waals surface area contributed by atoms with E-state index in [2.05, 4.69) is 4.98 Å². The quantitative estimate of drug-likeness (QED) is 0.675. The summed E-state index contributed by atoms with van der Waals surface area (Å²) in [6.45, 7) is 0.116. The second kappa shape index (κ2) is 6.75. The van der Waals surface area contributed by atoms with Crippen LogP contribution in [-0.4, -0.2) is 25.8 Å². The predicted octanol–water partition coefficient (Wildman–Crippen LogP) is 2.57. The van der Waals surface area contributed by atoms with Gasteiger partial charge in [0.25, 0.3) is 0 Å². The summed E-state index contributed by atoms with van der Waals surface area (Å²) in [5, 5.41) is 0. The summed E-state index contributed by atoms with van der Waals surface area (Å²) in [6, 6.07) is 12.7. The number of fused-ring (bicyclic) bond motifs is 1. The number of benzene rings is 1. The molecule has 0 spiro atoms. The SMILES string of the molecule is CS(=O)Cc1cccc(C(=O)OCc2cn3ccccc3n2)c1. The molecule has 0 N–H and O–H groups in total. The van der Waals surface area contributed by atoms with Gasteiger partial charge in [0.2, 0.25) is 0 Å². The zero-order valence-corrected chi connectivity index (χ0v) is 13.5. The van der Waals surface area contributed by atoms with Gasteiger partial charge in [-0.2, -0.15) is 0 Å². The van der Waals surface area contributed by atoms with Gasteiger partial charge in [0, 0.05) is 35.2 Å². The van der Waals surface area contributed by atoms with Gasteiger partial charge in [0.05, 0.1) is 11.3 Å². The highest BCUT2D eigenvalue weighted by Gasteiger charge is 2.10. The minimum absolute atomic E-state index is 0.116. The summed E-state index contributed by atoms with van der Waals surface area (Å²) in [7, 11) is -0.945. The number of carbonyl (C=O) groups is 1. The van der Waals surface area contributed by atoms with Crippen molar-refractivity contribution in [2.24, 2.45) is 0 Å². The Morgan fingerprint density at radius 1 is 1.26 bits per heavy atom. The maximum atomic E-state index is 12.1. The lowest BCUT2D eigenvalue weighted by atomic mass is 10.1. The molecule has 1 atom stereocenters. The fourth-order valence-electron chi connectivity index (χ4n) is 2.30. The summed E-state index contributed by atoms with van der Waals surface area (Å²) in [5.41, 5.74) is 2.81. The first kappa shape index (κ1) is 15.4. The highest BCUT2D eigenvalue weighted by molar-refractivity contribution is 7.83. The van der Waals surface area contributed by atoms with Gasteiger partial charge in [-0.3, -0.25) is 4.21 Å². The zero-order chi connectivity index (χ0) is 16.2. The Bertz CT molecular complexity index is 840. The second-order valence-electron chi connectivity index (χ2n) is 5.19. The average Bonchev–Trinajstić information content (AvgIpc) is 2.95. The van der Waals surface area contributed by atoms with E-state index in [0.717, 1.165) is 11.2 Å². The van der Waals surface area contributed by atoms with Crippen LogP contribution in [-0.2, 0) is 27.9 Å². The van der Waals surface area contributed by atoms with Crippen LogP contribution in [0.15, 0.2) is 54.9 Å². The smallest absolute Gasteiger partial charge is 0.338 e. The number of ether oxygens (including phenoxy) is 1. The standard InChI is InChI=1S/C17H16N2O3S/c1-23(21)12-13-5-4-6-14(9-13)17(20)22-11-15-10-19-8-3-2-7-16(19)18-15/h2-10H,11-12H2,1H3. The van der Waals surface area contributed by atoms with Crippen molar-refractivity contribution < 1.29 is 13.7 Å². The topological polar surface area (TPSA) is 60.7 Å². The van der Waals surface area contributed by atoms with Gasteiger partial charge in [-0.15, -0.1) is 0 Å². The lowest BCUT2D eigenvalue weighted by Gasteiger charge is -2.05. The largest absolute Gasteiger partial charge is 0.456 e. The maximum Gasteiger partial charge on any atom is 0.338 e. The monoisotopic (exact) mass is 328 g/mol. The van der Waals surface area contributed by atoms with Crippen LogP contribution in [0.2, 0.25) is 0 Å². The molecule has 5 nitrogen and oxygen atoms in total. The molecular formula is C17H16N2O3S. The molecule has 3 aromatic rings. The summed E-state index contributed by atoms with van der Waals surface area (Å²) < 4.78 is 18.5. The molecule has 23 heavy (non-hydrogen) atoms. The molecule has 118 valence electrons. The lowest BCUT2D eigenvalue weighted by Crippen LogP contribution is -2.06. The first-order valence-electron chi connectivity index (χ1n) is 7.10. The van der Waals surface area contributed by atoms with Crippen molar-refractivity contribution in [3.63, 3.8) is 0 Å². The molecule has 2 aromatic heterocycles. The van der Waals surface area contributed by atoms with Gasteiger partial charge in [0.1, 0.15) is 12.3 Å². The van der Waals surface area contributed by atoms with Gasteiger partial charge in [0.15, 0.2) is 0 Å². The molecule has 0 saturated carbocycles. The summed E-state index contributed by atoms with van der Waals surface area (Å²) in [6.07, 6.45) is 5.36. The van der Waals surface area contributed by atoms with Crippen molar-refractivity contribution in [3.05, 3.63) is 71.7 Å². The minimum atomic E-state index is -0.945. The zero-order valence-electron chi connectivity index (χ0n) is 12.6. The third kappa shape index (κ3) is 3.84. The Balaban J connectivity index is 1.68. The Morgan fingerprint density at radius 2 is 2.13 bits per heavy atom. The molecule has 2 heterocycles. The van der Waals surface area contributed by atoms with Crippen LogP contribution in [0.25, 0.3) is 5.65 Å². The van der Waals surface area contributed by atoms with E-state index in [1.807, 2.05) is 41.1 Å². The van der Waals surface area contributed by atoms with Gasteiger partial charge in [-0.1, -0.05) is 18.2 Å². The maximum absolute atomic E-state index is 12.1.